The van der Waals surface area contributed by atoms with Crippen LogP contribution >= 0.6 is 0 Å². The van der Waals surface area contributed by atoms with Gasteiger partial charge in [-0.15, -0.1) is 0 Å². The third-order valence-electron chi connectivity index (χ3n) is 3.83. The van der Waals surface area contributed by atoms with E-state index in [4.69, 9.17) is 4.74 Å². The first-order valence-electron chi connectivity index (χ1n) is 6.33. The number of rotatable bonds is 1. The molecule has 1 aromatic carbocycles. The van der Waals surface area contributed by atoms with Crippen LogP contribution in [0.3, 0.4) is 0 Å². The summed E-state index contributed by atoms with van der Waals surface area (Å²) in [5, 5.41) is 0. The van der Waals surface area contributed by atoms with Gasteiger partial charge in [-0.25, -0.2) is 0 Å². The highest BCUT2D eigenvalue weighted by Crippen LogP contribution is 2.40. The molecule has 90 valence electrons. The average molecular weight is 231 g/mol. The van der Waals surface area contributed by atoms with E-state index in [0.29, 0.717) is 6.61 Å². The molecule has 1 aromatic rings. The molecule has 3 rings (SSSR count). The lowest BCUT2D eigenvalue weighted by Crippen LogP contribution is -2.46. The number of ether oxygens (including phenoxy) is 1. The first kappa shape index (κ1) is 10.8. The summed E-state index contributed by atoms with van der Waals surface area (Å²) < 4.78 is 5.86. The molecule has 1 spiro atoms. The molecular formula is C14H17NO2. The molecule has 0 unspecified atom stereocenters. The molecule has 0 N–H and O–H groups in total. The molecule has 0 bridgehead atoms. The number of hydrogen-bond acceptors (Lipinski definition) is 2. The molecular weight excluding hydrogens is 214 g/mol. The first-order chi connectivity index (χ1) is 8.32. The maximum atomic E-state index is 12.5. The first-order valence-corrected chi connectivity index (χ1v) is 6.33. The van der Waals surface area contributed by atoms with E-state index in [2.05, 4.69) is 0 Å². The number of nitrogens with zero attached hydrogens (tertiary/aromatic N) is 1. The fraction of sp³-hybridized carbons (Fsp3) is 0.500. The Morgan fingerprint density at radius 3 is 2.59 bits per heavy atom. The van der Waals surface area contributed by atoms with Gasteiger partial charge in [-0.1, -0.05) is 18.2 Å². The van der Waals surface area contributed by atoms with Gasteiger partial charge in [-0.3, -0.25) is 4.79 Å². The highest BCUT2D eigenvalue weighted by Gasteiger charge is 2.46. The summed E-state index contributed by atoms with van der Waals surface area (Å²) in [4.78, 5) is 14.4. The van der Waals surface area contributed by atoms with Crippen LogP contribution in [-0.4, -0.2) is 29.7 Å². The highest BCUT2D eigenvalue weighted by atomic mass is 16.5. The van der Waals surface area contributed by atoms with E-state index in [9.17, 15) is 4.79 Å². The molecule has 17 heavy (non-hydrogen) atoms. The van der Waals surface area contributed by atoms with Gasteiger partial charge in [0.2, 0.25) is 0 Å². The largest absolute Gasteiger partial charge is 0.354 e. The van der Waals surface area contributed by atoms with Gasteiger partial charge < -0.3 is 9.64 Å². The molecule has 1 amide bonds. The predicted octanol–water partition coefficient (Wildman–Crippen LogP) is 2.43. The summed E-state index contributed by atoms with van der Waals surface area (Å²) in [5.74, 6) is 0.116. The Morgan fingerprint density at radius 2 is 1.88 bits per heavy atom. The van der Waals surface area contributed by atoms with Gasteiger partial charge in [0.25, 0.3) is 5.91 Å². The molecule has 1 saturated heterocycles. The van der Waals surface area contributed by atoms with Gasteiger partial charge in [0, 0.05) is 12.1 Å². The van der Waals surface area contributed by atoms with E-state index in [-0.39, 0.29) is 11.6 Å². The lowest BCUT2D eigenvalue weighted by molar-refractivity contribution is -0.0620. The van der Waals surface area contributed by atoms with Crippen molar-refractivity contribution in [3.05, 3.63) is 35.9 Å². The lowest BCUT2D eigenvalue weighted by Gasteiger charge is -2.33. The van der Waals surface area contributed by atoms with Crippen molar-refractivity contribution in [2.24, 2.45) is 0 Å². The standard InChI is InChI=1S/C14H17NO2/c16-13(12-6-2-1-3-7-12)15-10-11-17-14(15)8-4-5-9-14/h1-3,6-7H,4-5,8-11H2. The fourth-order valence-corrected chi connectivity index (χ4v) is 2.97. The van der Waals surface area contributed by atoms with Gasteiger partial charge in [-0.2, -0.15) is 0 Å². The number of benzene rings is 1. The summed E-state index contributed by atoms with van der Waals surface area (Å²) in [6, 6.07) is 9.51. The van der Waals surface area contributed by atoms with Crippen molar-refractivity contribution in [2.75, 3.05) is 13.2 Å². The van der Waals surface area contributed by atoms with E-state index in [1.165, 1.54) is 12.8 Å². The Morgan fingerprint density at radius 1 is 1.18 bits per heavy atom. The molecule has 0 atom stereocenters. The second kappa shape index (κ2) is 4.15. The van der Waals surface area contributed by atoms with Crippen LogP contribution in [0.2, 0.25) is 0 Å². The third-order valence-corrected chi connectivity index (χ3v) is 3.83. The van der Waals surface area contributed by atoms with E-state index in [1.54, 1.807) is 0 Å². The van der Waals surface area contributed by atoms with Crippen molar-refractivity contribution >= 4 is 5.91 Å². The zero-order valence-corrected chi connectivity index (χ0v) is 9.89. The maximum absolute atomic E-state index is 12.5. The Hall–Kier alpha value is -1.35. The monoisotopic (exact) mass is 231 g/mol. The van der Waals surface area contributed by atoms with Gasteiger partial charge in [-0.05, 0) is 37.8 Å². The van der Waals surface area contributed by atoms with E-state index < -0.39 is 0 Å². The number of amides is 1. The normalized spacial score (nSPS) is 22.2. The molecule has 0 radical (unpaired) electrons. The molecule has 2 fully saturated rings. The second-order valence-electron chi connectivity index (χ2n) is 4.82. The van der Waals surface area contributed by atoms with E-state index in [1.807, 2.05) is 35.2 Å². The maximum Gasteiger partial charge on any atom is 0.256 e. The summed E-state index contributed by atoms with van der Waals surface area (Å²) in [6.45, 7) is 1.41. The van der Waals surface area contributed by atoms with Gasteiger partial charge in [0.05, 0.1) is 6.61 Å². The van der Waals surface area contributed by atoms with Gasteiger partial charge >= 0.3 is 0 Å². The van der Waals surface area contributed by atoms with E-state index in [0.717, 1.165) is 24.9 Å². The summed E-state index contributed by atoms with van der Waals surface area (Å²) in [7, 11) is 0. The number of hydrogen-bond donors (Lipinski definition) is 0. The van der Waals surface area contributed by atoms with Crippen LogP contribution in [0.15, 0.2) is 30.3 Å². The van der Waals surface area contributed by atoms with Crippen LogP contribution in [0.25, 0.3) is 0 Å². The zero-order chi connectivity index (χ0) is 11.7. The zero-order valence-electron chi connectivity index (χ0n) is 9.89. The minimum Gasteiger partial charge on any atom is -0.354 e. The van der Waals surface area contributed by atoms with Crippen molar-refractivity contribution in [3.63, 3.8) is 0 Å². The summed E-state index contributed by atoms with van der Waals surface area (Å²) in [6.07, 6.45) is 4.31. The van der Waals surface area contributed by atoms with Crippen molar-refractivity contribution in [2.45, 2.75) is 31.4 Å². The molecule has 2 aliphatic rings. The van der Waals surface area contributed by atoms with Crippen LogP contribution in [0.5, 0.6) is 0 Å². The quantitative estimate of drug-likeness (QED) is 0.743. The van der Waals surface area contributed by atoms with Crippen molar-refractivity contribution in [1.29, 1.82) is 0 Å². The minimum absolute atomic E-state index is 0.116. The number of carbonyl (C=O) groups excluding carboxylic acids is 1. The number of carbonyl (C=O) groups is 1. The van der Waals surface area contributed by atoms with Crippen molar-refractivity contribution in [3.8, 4) is 0 Å². The Labute approximate surface area is 101 Å². The molecule has 1 heterocycles. The Kier molecular flexibility index (Phi) is 2.63. The van der Waals surface area contributed by atoms with Gasteiger partial charge in [0.1, 0.15) is 5.72 Å². The van der Waals surface area contributed by atoms with E-state index >= 15 is 0 Å². The van der Waals surface area contributed by atoms with Crippen LogP contribution in [0, 0.1) is 0 Å². The molecule has 3 nitrogen and oxygen atoms in total. The molecule has 1 saturated carbocycles. The molecule has 0 aromatic heterocycles. The lowest BCUT2D eigenvalue weighted by atomic mass is 10.1. The van der Waals surface area contributed by atoms with Crippen LogP contribution < -0.4 is 0 Å². The second-order valence-corrected chi connectivity index (χ2v) is 4.82. The minimum atomic E-state index is -0.285. The highest BCUT2D eigenvalue weighted by molar-refractivity contribution is 5.94. The summed E-state index contributed by atoms with van der Waals surface area (Å²) in [5.41, 5.74) is 0.483. The predicted molar refractivity (Wildman–Crippen MR) is 64.6 cm³/mol. The molecule has 3 heteroatoms. The van der Waals surface area contributed by atoms with Crippen LogP contribution in [0.1, 0.15) is 36.0 Å². The van der Waals surface area contributed by atoms with Crippen LogP contribution in [-0.2, 0) is 4.74 Å². The van der Waals surface area contributed by atoms with Crippen LogP contribution in [0.4, 0.5) is 0 Å². The molecule has 1 aliphatic carbocycles. The Bertz CT molecular complexity index is 404. The molecule has 1 aliphatic heterocycles. The summed E-state index contributed by atoms with van der Waals surface area (Å²) >= 11 is 0. The van der Waals surface area contributed by atoms with Crippen molar-refractivity contribution in [1.82, 2.24) is 4.90 Å². The topological polar surface area (TPSA) is 29.5 Å². The van der Waals surface area contributed by atoms with Crippen molar-refractivity contribution < 1.29 is 9.53 Å². The fourth-order valence-electron chi connectivity index (χ4n) is 2.97. The smallest absolute Gasteiger partial charge is 0.256 e. The Balaban J connectivity index is 1.86. The SMILES string of the molecule is O=C(c1ccccc1)N1CCOC12CCCC2. The third kappa shape index (κ3) is 1.75. The average Bonchev–Trinajstić information content (AvgIpc) is 3.01. The van der Waals surface area contributed by atoms with Gasteiger partial charge in [0.15, 0.2) is 0 Å².